The standard InChI is InChI=1S/C22H29NO4/c1-7-19(27-18-10-8-15(2)16(3)12-18)22(24)23(4)14-17-9-11-20(25-5)21(13-17)26-6/h8-13,19H,7,14H2,1-6H3/t19-/m1/s1. The molecule has 2 aromatic rings. The average Bonchev–Trinajstić information content (AvgIpc) is 2.68. The van der Waals surface area contributed by atoms with Crippen LogP contribution in [0.3, 0.4) is 0 Å². The van der Waals surface area contributed by atoms with E-state index in [1.165, 1.54) is 5.56 Å². The lowest BCUT2D eigenvalue weighted by molar-refractivity contribution is -0.138. The van der Waals surface area contributed by atoms with Crippen molar-refractivity contribution in [2.45, 2.75) is 39.8 Å². The van der Waals surface area contributed by atoms with Crippen LogP contribution in [0.15, 0.2) is 36.4 Å². The van der Waals surface area contributed by atoms with Crippen molar-refractivity contribution in [3.8, 4) is 17.2 Å². The fourth-order valence-corrected chi connectivity index (χ4v) is 2.84. The van der Waals surface area contributed by atoms with Crippen molar-refractivity contribution >= 4 is 5.91 Å². The van der Waals surface area contributed by atoms with Crippen molar-refractivity contribution < 1.29 is 19.0 Å². The van der Waals surface area contributed by atoms with Gasteiger partial charge in [-0.15, -0.1) is 0 Å². The van der Waals surface area contributed by atoms with Gasteiger partial charge in [0.15, 0.2) is 17.6 Å². The van der Waals surface area contributed by atoms with E-state index in [0.29, 0.717) is 24.5 Å². The van der Waals surface area contributed by atoms with Gasteiger partial charge in [-0.3, -0.25) is 4.79 Å². The molecule has 1 amide bonds. The van der Waals surface area contributed by atoms with Gasteiger partial charge in [0.2, 0.25) is 0 Å². The minimum absolute atomic E-state index is 0.0505. The maximum absolute atomic E-state index is 12.9. The van der Waals surface area contributed by atoms with Crippen LogP contribution in [-0.4, -0.2) is 38.2 Å². The highest BCUT2D eigenvalue weighted by atomic mass is 16.5. The maximum atomic E-state index is 12.9. The smallest absolute Gasteiger partial charge is 0.263 e. The quantitative estimate of drug-likeness (QED) is 0.700. The third-order valence-electron chi connectivity index (χ3n) is 4.65. The Morgan fingerprint density at radius 3 is 2.30 bits per heavy atom. The lowest BCUT2D eigenvalue weighted by Crippen LogP contribution is -2.39. The summed E-state index contributed by atoms with van der Waals surface area (Å²) < 4.78 is 16.6. The number of benzene rings is 2. The number of carbonyl (C=O) groups excluding carboxylic acids is 1. The molecule has 2 rings (SSSR count). The summed E-state index contributed by atoms with van der Waals surface area (Å²) in [6.45, 7) is 6.51. The number of carbonyl (C=O) groups is 1. The average molecular weight is 371 g/mol. The van der Waals surface area contributed by atoms with Gasteiger partial charge in [-0.2, -0.15) is 0 Å². The van der Waals surface area contributed by atoms with E-state index in [4.69, 9.17) is 14.2 Å². The molecular weight excluding hydrogens is 342 g/mol. The van der Waals surface area contributed by atoms with Gasteiger partial charge in [0.25, 0.3) is 5.91 Å². The molecule has 0 fully saturated rings. The van der Waals surface area contributed by atoms with E-state index in [9.17, 15) is 4.79 Å². The molecular formula is C22H29NO4. The molecule has 0 aliphatic heterocycles. The molecule has 5 heteroatoms. The Hall–Kier alpha value is -2.69. The first-order chi connectivity index (χ1) is 12.9. The molecule has 0 saturated carbocycles. The molecule has 0 unspecified atom stereocenters. The maximum Gasteiger partial charge on any atom is 0.263 e. The number of hydrogen-bond acceptors (Lipinski definition) is 4. The molecule has 0 radical (unpaired) electrons. The van der Waals surface area contributed by atoms with Gasteiger partial charge < -0.3 is 19.1 Å². The molecule has 1 atom stereocenters. The summed E-state index contributed by atoms with van der Waals surface area (Å²) in [7, 11) is 4.98. The second-order valence-electron chi connectivity index (χ2n) is 6.64. The SMILES string of the molecule is CC[C@@H](Oc1ccc(C)c(C)c1)C(=O)N(C)Cc1ccc(OC)c(OC)c1. The normalized spacial score (nSPS) is 11.6. The molecule has 146 valence electrons. The van der Waals surface area contributed by atoms with E-state index >= 15 is 0 Å². The number of aryl methyl sites for hydroxylation is 2. The summed E-state index contributed by atoms with van der Waals surface area (Å²) in [6, 6.07) is 11.5. The summed E-state index contributed by atoms with van der Waals surface area (Å²) >= 11 is 0. The van der Waals surface area contributed by atoms with Crippen LogP contribution in [-0.2, 0) is 11.3 Å². The lowest BCUT2D eigenvalue weighted by Gasteiger charge is -2.24. The van der Waals surface area contributed by atoms with E-state index in [1.54, 1.807) is 26.2 Å². The van der Waals surface area contributed by atoms with Gasteiger partial charge in [0, 0.05) is 13.6 Å². The van der Waals surface area contributed by atoms with E-state index in [1.807, 2.05) is 50.2 Å². The third-order valence-corrected chi connectivity index (χ3v) is 4.65. The first-order valence-corrected chi connectivity index (χ1v) is 9.09. The molecule has 0 spiro atoms. The van der Waals surface area contributed by atoms with E-state index < -0.39 is 6.10 Å². The summed E-state index contributed by atoms with van der Waals surface area (Å²) in [5, 5.41) is 0. The second-order valence-corrected chi connectivity index (χ2v) is 6.64. The number of rotatable bonds is 8. The highest BCUT2D eigenvalue weighted by Gasteiger charge is 2.23. The molecule has 0 saturated heterocycles. The molecule has 0 N–H and O–H groups in total. The number of methoxy groups -OCH3 is 2. The fraction of sp³-hybridized carbons (Fsp3) is 0.409. The van der Waals surface area contributed by atoms with Crippen LogP contribution < -0.4 is 14.2 Å². The summed E-state index contributed by atoms with van der Waals surface area (Å²) in [4.78, 5) is 14.5. The van der Waals surface area contributed by atoms with E-state index in [2.05, 4.69) is 6.92 Å². The Morgan fingerprint density at radius 1 is 1.00 bits per heavy atom. The van der Waals surface area contributed by atoms with E-state index in [0.717, 1.165) is 16.9 Å². The third kappa shape index (κ3) is 5.16. The molecule has 0 aliphatic rings. The van der Waals surface area contributed by atoms with Gasteiger partial charge in [-0.1, -0.05) is 19.1 Å². The predicted molar refractivity (Wildman–Crippen MR) is 107 cm³/mol. The second kappa shape index (κ2) is 9.31. The molecule has 2 aromatic carbocycles. The number of ether oxygens (including phenoxy) is 3. The molecule has 0 aliphatic carbocycles. The number of likely N-dealkylation sites (N-methyl/N-ethyl adjacent to an activating group) is 1. The molecule has 0 aromatic heterocycles. The van der Waals surface area contributed by atoms with E-state index in [-0.39, 0.29) is 5.91 Å². The van der Waals surface area contributed by atoms with Gasteiger partial charge in [0.05, 0.1) is 14.2 Å². The zero-order chi connectivity index (χ0) is 20.0. The van der Waals surface area contributed by atoms with Crippen LogP contribution in [0, 0.1) is 13.8 Å². The van der Waals surface area contributed by atoms with Crippen LogP contribution in [0.5, 0.6) is 17.2 Å². The Bertz CT molecular complexity index is 788. The van der Waals surface area contributed by atoms with Gasteiger partial charge >= 0.3 is 0 Å². The minimum Gasteiger partial charge on any atom is -0.493 e. The first kappa shape index (κ1) is 20.6. The van der Waals surface area contributed by atoms with Crippen LogP contribution in [0.1, 0.15) is 30.0 Å². The summed E-state index contributed by atoms with van der Waals surface area (Å²) in [6.07, 6.45) is 0.0828. The number of nitrogens with zero attached hydrogens (tertiary/aromatic N) is 1. The van der Waals surface area contributed by atoms with Crippen LogP contribution >= 0.6 is 0 Å². The van der Waals surface area contributed by atoms with Gasteiger partial charge in [-0.05, 0) is 61.2 Å². The lowest BCUT2D eigenvalue weighted by atomic mass is 10.1. The number of amides is 1. The van der Waals surface area contributed by atoms with Crippen LogP contribution in [0.2, 0.25) is 0 Å². The molecule has 5 nitrogen and oxygen atoms in total. The van der Waals surface area contributed by atoms with Crippen LogP contribution in [0.4, 0.5) is 0 Å². The summed E-state index contributed by atoms with van der Waals surface area (Å²) in [5.41, 5.74) is 3.31. The number of hydrogen-bond donors (Lipinski definition) is 0. The Balaban J connectivity index is 2.08. The van der Waals surface area contributed by atoms with Crippen molar-refractivity contribution in [3.05, 3.63) is 53.1 Å². The Morgan fingerprint density at radius 2 is 1.70 bits per heavy atom. The molecule has 0 bridgehead atoms. The monoisotopic (exact) mass is 371 g/mol. The van der Waals surface area contributed by atoms with Crippen molar-refractivity contribution in [1.29, 1.82) is 0 Å². The minimum atomic E-state index is -0.516. The predicted octanol–water partition coefficient (Wildman–Crippen LogP) is 4.14. The molecule has 0 heterocycles. The molecule has 27 heavy (non-hydrogen) atoms. The fourth-order valence-electron chi connectivity index (χ4n) is 2.84. The van der Waals surface area contributed by atoms with Gasteiger partial charge in [-0.25, -0.2) is 0 Å². The van der Waals surface area contributed by atoms with Crippen LogP contribution in [0.25, 0.3) is 0 Å². The highest BCUT2D eigenvalue weighted by Crippen LogP contribution is 2.28. The van der Waals surface area contributed by atoms with Crippen molar-refractivity contribution in [1.82, 2.24) is 4.90 Å². The highest BCUT2D eigenvalue weighted by molar-refractivity contribution is 5.81. The van der Waals surface area contributed by atoms with Crippen molar-refractivity contribution in [2.75, 3.05) is 21.3 Å². The first-order valence-electron chi connectivity index (χ1n) is 9.09. The summed E-state index contributed by atoms with van der Waals surface area (Å²) in [5.74, 6) is 1.98. The van der Waals surface area contributed by atoms with Crippen molar-refractivity contribution in [2.24, 2.45) is 0 Å². The Kier molecular flexibility index (Phi) is 7.11. The zero-order valence-electron chi connectivity index (χ0n) is 17.0. The van der Waals surface area contributed by atoms with Gasteiger partial charge in [0.1, 0.15) is 5.75 Å². The van der Waals surface area contributed by atoms with Crippen molar-refractivity contribution in [3.63, 3.8) is 0 Å². The zero-order valence-corrected chi connectivity index (χ0v) is 17.0. The largest absolute Gasteiger partial charge is 0.493 e. The Labute approximate surface area is 161 Å². The topological polar surface area (TPSA) is 48.0 Å².